The van der Waals surface area contributed by atoms with Gasteiger partial charge in [-0.25, -0.2) is 0 Å². The van der Waals surface area contributed by atoms with E-state index in [2.05, 4.69) is 27.2 Å². The monoisotopic (exact) mass is 305 g/mol. The maximum absolute atomic E-state index is 6.06. The molecule has 1 saturated carbocycles. The lowest BCUT2D eigenvalue weighted by molar-refractivity contribution is 0.120. The minimum atomic E-state index is 0.847. The summed E-state index contributed by atoms with van der Waals surface area (Å²) < 4.78 is 0. The summed E-state index contributed by atoms with van der Waals surface area (Å²) in [5.41, 5.74) is 1.33. The molecule has 0 aromatic heterocycles. The van der Waals surface area contributed by atoms with Crippen molar-refractivity contribution in [2.75, 3.05) is 45.8 Å². The molecule has 2 aliphatic heterocycles. The van der Waals surface area contributed by atoms with Crippen LogP contribution in [0, 0.1) is 17.8 Å². The van der Waals surface area contributed by atoms with Gasteiger partial charge in [0.05, 0.1) is 0 Å². The van der Waals surface area contributed by atoms with Gasteiger partial charge in [0.15, 0.2) is 0 Å². The van der Waals surface area contributed by atoms with Crippen LogP contribution in [-0.2, 0) is 6.54 Å². The molecule has 0 radical (unpaired) electrons. The third kappa shape index (κ3) is 3.11. The number of nitrogens with zero attached hydrogens (tertiary/aromatic N) is 2. The smallest absolute Gasteiger partial charge is 0.0409 e. The molecule has 0 amide bonds. The lowest BCUT2D eigenvalue weighted by Gasteiger charge is -2.35. The quantitative estimate of drug-likeness (QED) is 0.917. The normalized spacial score (nSPS) is 33.1. The van der Waals surface area contributed by atoms with Gasteiger partial charge >= 0.3 is 0 Å². The molecular weight excluding hydrogens is 282 g/mol. The average Bonchev–Trinajstić information content (AvgIpc) is 2.92. The first kappa shape index (κ1) is 14.0. The highest BCUT2D eigenvalue weighted by molar-refractivity contribution is 6.30. The van der Waals surface area contributed by atoms with Crippen LogP contribution in [-0.4, -0.2) is 55.6 Å². The van der Waals surface area contributed by atoms with Crippen molar-refractivity contribution in [2.45, 2.75) is 6.54 Å². The van der Waals surface area contributed by atoms with Crippen molar-refractivity contribution in [1.29, 1.82) is 0 Å². The molecule has 3 atom stereocenters. The molecule has 2 saturated heterocycles. The second-order valence-corrected chi connectivity index (χ2v) is 7.29. The first-order chi connectivity index (χ1) is 10.3. The standard InChI is InChI=1S/C17H24ClN3/c18-14-3-1-2-13(8-14)11-20-4-6-21(7-5-20)12-17-15-9-19-10-16(15)17/h1-3,8,15-17,19H,4-7,9-12H2/t15-,16+,17?. The molecule has 4 rings (SSSR count). The molecule has 1 aromatic carbocycles. The summed E-state index contributed by atoms with van der Waals surface area (Å²) in [6.07, 6.45) is 0. The van der Waals surface area contributed by atoms with Crippen LogP contribution in [0.25, 0.3) is 0 Å². The first-order valence-corrected chi connectivity index (χ1v) is 8.57. The fraction of sp³-hybridized carbons (Fsp3) is 0.647. The lowest BCUT2D eigenvalue weighted by Crippen LogP contribution is -2.46. The summed E-state index contributed by atoms with van der Waals surface area (Å²) in [6, 6.07) is 8.27. The van der Waals surface area contributed by atoms with Crippen molar-refractivity contribution in [3.8, 4) is 0 Å². The molecule has 1 N–H and O–H groups in total. The predicted molar refractivity (Wildman–Crippen MR) is 86.5 cm³/mol. The summed E-state index contributed by atoms with van der Waals surface area (Å²) in [6.45, 7) is 9.73. The van der Waals surface area contributed by atoms with Gasteiger partial charge < -0.3 is 10.2 Å². The number of rotatable bonds is 4. The zero-order chi connectivity index (χ0) is 14.2. The second kappa shape index (κ2) is 5.88. The summed E-state index contributed by atoms with van der Waals surface area (Å²) >= 11 is 6.06. The van der Waals surface area contributed by atoms with E-state index in [0.29, 0.717) is 0 Å². The van der Waals surface area contributed by atoms with Crippen molar-refractivity contribution in [3.63, 3.8) is 0 Å². The maximum Gasteiger partial charge on any atom is 0.0409 e. The van der Waals surface area contributed by atoms with Crippen LogP contribution in [0.2, 0.25) is 5.02 Å². The van der Waals surface area contributed by atoms with Gasteiger partial charge in [0.1, 0.15) is 0 Å². The Kier molecular flexibility index (Phi) is 3.92. The fourth-order valence-electron chi connectivity index (χ4n) is 4.14. The summed E-state index contributed by atoms with van der Waals surface area (Å²) in [5, 5.41) is 4.34. The van der Waals surface area contributed by atoms with Crippen LogP contribution in [0.5, 0.6) is 0 Å². The molecule has 2 heterocycles. The largest absolute Gasteiger partial charge is 0.316 e. The SMILES string of the molecule is Clc1cccc(CN2CCN(CC3[C@H]4CNC[C@@H]34)CC2)c1. The number of hydrogen-bond donors (Lipinski definition) is 1. The van der Waals surface area contributed by atoms with E-state index in [-0.39, 0.29) is 0 Å². The van der Waals surface area contributed by atoms with Gasteiger partial charge in [-0.05, 0) is 48.5 Å². The van der Waals surface area contributed by atoms with E-state index in [1.54, 1.807) is 0 Å². The van der Waals surface area contributed by atoms with Crippen molar-refractivity contribution >= 4 is 11.6 Å². The topological polar surface area (TPSA) is 18.5 Å². The summed E-state index contributed by atoms with van der Waals surface area (Å²) in [7, 11) is 0. The molecule has 4 heteroatoms. The van der Waals surface area contributed by atoms with E-state index in [4.69, 9.17) is 11.6 Å². The number of benzene rings is 1. The number of fused-ring (bicyclic) bond motifs is 1. The minimum Gasteiger partial charge on any atom is -0.316 e. The van der Waals surface area contributed by atoms with E-state index in [1.807, 2.05) is 12.1 Å². The molecule has 114 valence electrons. The molecule has 1 aromatic rings. The molecule has 3 aliphatic rings. The zero-order valence-electron chi connectivity index (χ0n) is 12.5. The van der Waals surface area contributed by atoms with E-state index < -0.39 is 0 Å². The maximum atomic E-state index is 6.06. The van der Waals surface area contributed by atoms with Crippen LogP contribution in [0.4, 0.5) is 0 Å². The number of nitrogens with one attached hydrogen (secondary N) is 1. The number of halogens is 1. The van der Waals surface area contributed by atoms with Gasteiger partial charge in [-0.15, -0.1) is 0 Å². The van der Waals surface area contributed by atoms with Crippen LogP contribution in [0.1, 0.15) is 5.56 Å². The van der Waals surface area contributed by atoms with Crippen LogP contribution < -0.4 is 5.32 Å². The van der Waals surface area contributed by atoms with Gasteiger partial charge in [0.2, 0.25) is 0 Å². The van der Waals surface area contributed by atoms with Crippen LogP contribution >= 0.6 is 11.6 Å². The molecule has 3 fully saturated rings. The third-order valence-electron chi connectivity index (χ3n) is 5.50. The Hall–Kier alpha value is -0.610. The first-order valence-electron chi connectivity index (χ1n) is 8.19. The highest BCUT2D eigenvalue weighted by Gasteiger charge is 2.52. The van der Waals surface area contributed by atoms with Gasteiger partial charge in [0.25, 0.3) is 0 Å². The Morgan fingerprint density at radius 3 is 2.48 bits per heavy atom. The Morgan fingerprint density at radius 1 is 1.05 bits per heavy atom. The van der Waals surface area contributed by atoms with Gasteiger partial charge in [0, 0.05) is 44.3 Å². The number of piperidine rings is 1. The third-order valence-corrected chi connectivity index (χ3v) is 5.73. The molecule has 3 nitrogen and oxygen atoms in total. The molecule has 1 unspecified atom stereocenters. The lowest BCUT2D eigenvalue weighted by atomic mass is 10.2. The zero-order valence-corrected chi connectivity index (χ0v) is 13.2. The average molecular weight is 306 g/mol. The molecule has 21 heavy (non-hydrogen) atoms. The summed E-state index contributed by atoms with van der Waals surface area (Å²) in [4.78, 5) is 5.23. The second-order valence-electron chi connectivity index (χ2n) is 6.86. The molecular formula is C17H24ClN3. The van der Waals surface area contributed by atoms with Gasteiger partial charge in [-0.1, -0.05) is 23.7 Å². The van der Waals surface area contributed by atoms with Gasteiger partial charge in [-0.3, -0.25) is 4.90 Å². The fourth-order valence-corrected chi connectivity index (χ4v) is 4.35. The Labute approximate surface area is 132 Å². The van der Waals surface area contributed by atoms with Crippen molar-refractivity contribution < 1.29 is 0 Å². The Balaban J connectivity index is 1.23. The van der Waals surface area contributed by atoms with Gasteiger partial charge in [-0.2, -0.15) is 0 Å². The highest BCUT2D eigenvalue weighted by atomic mass is 35.5. The highest BCUT2D eigenvalue weighted by Crippen LogP contribution is 2.48. The van der Waals surface area contributed by atoms with E-state index in [1.165, 1.54) is 51.4 Å². The van der Waals surface area contributed by atoms with E-state index >= 15 is 0 Å². The number of hydrogen-bond acceptors (Lipinski definition) is 3. The Bertz CT molecular complexity index is 489. The minimum absolute atomic E-state index is 0.847. The number of piperazine rings is 1. The predicted octanol–water partition coefficient (Wildman–Crippen LogP) is 1.92. The molecule has 1 aliphatic carbocycles. The van der Waals surface area contributed by atoms with Crippen molar-refractivity contribution in [3.05, 3.63) is 34.9 Å². The Morgan fingerprint density at radius 2 is 1.76 bits per heavy atom. The van der Waals surface area contributed by atoms with Crippen molar-refractivity contribution in [2.24, 2.45) is 17.8 Å². The van der Waals surface area contributed by atoms with Crippen molar-refractivity contribution in [1.82, 2.24) is 15.1 Å². The van der Waals surface area contributed by atoms with Crippen LogP contribution in [0.15, 0.2) is 24.3 Å². The summed E-state index contributed by atoms with van der Waals surface area (Å²) in [5.74, 6) is 2.98. The van der Waals surface area contributed by atoms with E-state index in [9.17, 15) is 0 Å². The molecule has 0 bridgehead atoms. The van der Waals surface area contributed by atoms with E-state index in [0.717, 1.165) is 29.3 Å². The molecule has 0 spiro atoms. The van der Waals surface area contributed by atoms with Crippen LogP contribution in [0.3, 0.4) is 0 Å².